The number of hydrogen-bond donors (Lipinski definition) is 1. The first kappa shape index (κ1) is 15.6. The van der Waals surface area contributed by atoms with Gasteiger partial charge in [-0.05, 0) is 26.8 Å². The van der Waals surface area contributed by atoms with E-state index in [2.05, 4.69) is 12.2 Å². The fraction of sp³-hybridized carbons (Fsp3) is 0.375. The topological polar surface area (TPSA) is 43.6 Å². The molecule has 0 aliphatic heterocycles. The lowest BCUT2D eigenvalue weighted by Gasteiger charge is -2.18. The molecule has 0 aliphatic rings. The van der Waals surface area contributed by atoms with Gasteiger partial charge >= 0.3 is 0 Å². The van der Waals surface area contributed by atoms with E-state index in [0.717, 1.165) is 22.8 Å². The highest BCUT2D eigenvalue weighted by molar-refractivity contribution is 6.33. The molecule has 21 heavy (non-hydrogen) atoms. The molecule has 5 heteroatoms. The highest BCUT2D eigenvalue weighted by atomic mass is 35.5. The van der Waals surface area contributed by atoms with Gasteiger partial charge in [0.05, 0.1) is 31.0 Å². The lowest BCUT2D eigenvalue weighted by Crippen LogP contribution is -2.07. The molecule has 1 aromatic heterocycles. The second kappa shape index (κ2) is 6.31. The molecule has 0 radical (unpaired) electrons. The summed E-state index contributed by atoms with van der Waals surface area (Å²) in [6.07, 6.45) is 0. The Labute approximate surface area is 130 Å². The molecular formula is C16H20ClNO3. The molecule has 1 unspecified atom stereocenters. The molecule has 0 bridgehead atoms. The van der Waals surface area contributed by atoms with E-state index in [1.54, 1.807) is 20.3 Å². The number of hydrogen-bond acceptors (Lipinski definition) is 4. The first-order valence-electron chi connectivity index (χ1n) is 6.71. The monoisotopic (exact) mass is 309 g/mol. The number of anilines is 1. The molecule has 114 valence electrons. The Morgan fingerprint density at radius 1 is 1.10 bits per heavy atom. The molecule has 0 saturated carbocycles. The summed E-state index contributed by atoms with van der Waals surface area (Å²) in [6.45, 7) is 5.95. The molecule has 2 aromatic rings. The van der Waals surface area contributed by atoms with E-state index in [-0.39, 0.29) is 6.04 Å². The summed E-state index contributed by atoms with van der Waals surface area (Å²) < 4.78 is 16.1. The van der Waals surface area contributed by atoms with Crippen LogP contribution in [0.1, 0.15) is 30.0 Å². The van der Waals surface area contributed by atoms with E-state index in [4.69, 9.17) is 25.5 Å². The second-order valence-electron chi connectivity index (χ2n) is 4.92. The summed E-state index contributed by atoms with van der Waals surface area (Å²) in [6, 6.07) is 5.67. The van der Waals surface area contributed by atoms with E-state index in [9.17, 15) is 0 Å². The molecule has 0 spiro atoms. The lowest BCUT2D eigenvalue weighted by molar-refractivity contribution is 0.355. The highest BCUT2D eigenvalue weighted by Crippen LogP contribution is 2.37. The van der Waals surface area contributed by atoms with E-state index in [0.29, 0.717) is 16.5 Å². The van der Waals surface area contributed by atoms with Gasteiger partial charge in [-0.2, -0.15) is 0 Å². The van der Waals surface area contributed by atoms with Crippen molar-refractivity contribution < 1.29 is 13.9 Å². The van der Waals surface area contributed by atoms with Crippen LogP contribution in [-0.4, -0.2) is 14.2 Å². The standard InChI is InChI=1S/C16H20ClNO3/c1-9-6-12(11(3)21-9)10(2)18-14-8-16(20-5)15(19-4)7-13(14)17/h6-8,10,18H,1-5H3. The fourth-order valence-electron chi connectivity index (χ4n) is 2.36. The number of ether oxygens (including phenoxy) is 2. The molecular weight excluding hydrogens is 290 g/mol. The van der Waals surface area contributed by atoms with Crippen LogP contribution in [0.15, 0.2) is 22.6 Å². The number of furan rings is 1. The summed E-state index contributed by atoms with van der Waals surface area (Å²) in [5.74, 6) is 3.05. The Morgan fingerprint density at radius 2 is 1.71 bits per heavy atom. The average Bonchev–Trinajstić information content (AvgIpc) is 2.79. The van der Waals surface area contributed by atoms with Crippen LogP contribution < -0.4 is 14.8 Å². The smallest absolute Gasteiger partial charge is 0.162 e. The van der Waals surface area contributed by atoms with Crippen LogP contribution in [0.4, 0.5) is 5.69 Å². The Morgan fingerprint density at radius 3 is 2.24 bits per heavy atom. The van der Waals surface area contributed by atoms with Gasteiger partial charge in [-0.15, -0.1) is 0 Å². The number of halogens is 1. The minimum atomic E-state index is 0.0676. The van der Waals surface area contributed by atoms with Crippen molar-refractivity contribution >= 4 is 17.3 Å². The van der Waals surface area contributed by atoms with Crippen molar-refractivity contribution in [2.75, 3.05) is 19.5 Å². The number of aryl methyl sites for hydroxylation is 2. The third-order valence-corrected chi connectivity index (χ3v) is 3.70. The number of benzene rings is 1. The van der Waals surface area contributed by atoms with E-state index in [1.165, 1.54) is 0 Å². The van der Waals surface area contributed by atoms with Crippen LogP contribution in [0, 0.1) is 13.8 Å². The van der Waals surface area contributed by atoms with Crippen molar-refractivity contribution in [1.29, 1.82) is 0 Å². The van der Waals surface area contributed by atoms with E-state index in [1.807, 2.05) is 26.0 Å². The van der Waals surface area contributed by atoms with Crippen LogP contribution >= 0.6 is 11.6 Å². The third kappa shape index (κ3) is 3.27. The first-order chi connectivity index (χ1) is 9.96. The Balaban J connectivity index is 2.28. The SMILES string of the molecule is COc1cc(Cl)c(NC(C)c2cc(C)oc2C)cc1OC. The predicted molar refractivity (Wildman–Crippen MR) is 84.8 cm³/mol. The molecule has 2 rings (SSSR count). The summed E-state index contributed by atoms with van der Waals surface area (Å²) >= 11 is 6.29. The van der Waals surface area contributed by atoms with Crippen molar-refractivity contribution in [3.8, 4) is 11.5 Å². The fourth-order valence-corrected chi connectivity index (χ4v) is 2.56. The number of nitrogens with one attached hydrogen (secondary N) is 1. The van der Waals surface area contributed by atoms with E-state index >= 15 is 0 Å². The maximum absolute atomic E-state index is 6.29. The Kier molecular flexibility index (Phi) is 4.68. The van der Waals surface area contributed by atoms with Crippen molar-refractivity contribution in [3.05, 3.63) is 40.3 Å². The summed E-state index contributed by atoms with van der Waals surface area (Å²) in [5.41, 5.74) is 1.90. The van der Waals surface area contributed by atoms with Crippen LogP contribution in [0.2, 0.25) is 5.02 Å². The minimum absolute atomic E-state index is 0.0676. The van der Waals surface area contributed by atoms with Gasteiger partial charge in [0.2, 0.25) is 0 Å². The zero-order valence-electron chi connectivity index (χ0n) is 12.9. The first-order valence-corrected chi connectivity index (χ1v) is 7.09. The number of methoxy groups -OCH3 is 2. The highest BCUT2D eigenvalue weighted by Gasteiger charge is 2.16. The van der Waals surface area contributed by atoms with Gasteiger partial charge in [0.1, 0.15) is 11.5 Å². The van der Waals surface area contributed by atoms with Crippen molar-refractivity contribution in [3.63, 3.8) is 0 Å². The molecule has 1 aromatic carbocycles. The van der Waals surface area contributed by atoms with Gasteiger partial charge in [0.15, 0.2) is 11.5 Å². The van der Waals surface area contributed by atoms with Crippen molar-refractivity contribution in [1.82, 2.24) is 0 Å². The summed E-state index contributed by atoms with van der Waals surface area (Å²) in [4.78, 5) is 0. The molecule has 0 amide bonds. The predicted octanol–water partition coefficient (Wildman–Crippen LogP) is 4.74. The molecule has 1 N–H and O–H groups in total. The minimum Gasteiger partial charge on any atom is -0.493 e. The zero-order chi connectivity index (χ0) is 15.6. The van der Waals surface area contributed by atoms with Gasteiger partial charge in [-0.1, -0.05) is 11.6 Å². The van der Waals surface area contributed by atoms with Crippen LogP contribution in [-0.2, 0) is 0 Å². The van der Waals surface area contributed by atoms with Gasteiger partial charge in [0, 0.05) is 17.7 Å². The average molecular weight is 310 g/mol. The molecule has 1 heterocycles. The van der Waals surface area contributed by atoms with Gasteiger partial charge < -0.3 is 19.2 Å². The van der Waals surface area contributed by atoms with E-state index < -0.39 is 0 Å². The van der Waals surface area contributed by atoms with Gasteiger partial charge in [0.25, 0.3) is 0 Å². The Hall–Kier alpha value is -1.81. The molecule has 1 atom stereocenters. The molecule has 0 saturated heterocycles. The quantitative estimate of drug-likeness (QED) is 0.866. The van der Waals surface area contributed by atoms with Crippen LogP contribution in [0.25, 0.3) is 0 Å². The maximum Gasteiger partial charge on any atom is 0.162 e. The zero-order valence-corrected chi connectivity index (χ0v) is 13.7. The Bertz CT molecular complexity index is 637. The third-order valence-electron chi connectivity index (χ3n) is 3.39. The molecule has 4 nitrogen and oxygen atoms in total. The maximum atomic E-state index is 6.29. The molecule has 0 fully saturated rings. The van der Waals surface area contributed by atoms with Gasteiger partial charge in [-0.3, -0.25) is 0 Å². The van der Waals surface area contributed by atoms with Crippen molar-refractivity contribution in [2.24, 2.45) is 0 Å². The van der Waals surface area contributed by atoms with Crippen LogP contribution in [0.5, 0.6) is 11.5 Å². The van der Waals surface area contributed by atoms with Gasteiger partial charge in [-0.25, -0.2) is 0 Å². The number of rotatable bonds is 5. The second-order valence-corrected chi connectivity index (χ2v) is 5.33. The van der Waals surface area contributed by atoms with Crippen molar-refractivity contribution in [2.45, 2.75) is 26.8 Å². The lowest BCUT2D eigenvalue weighted by atomic mass is 10.1. The van der Waals surface area contributed by atoms with Crippen LogP contribution in [0.3, 0.4) is 0 Å². The molecule has 0 aliphatic carbocycles. The summed E-state index contributed by atoms with van der Waals surface area (Å²) in [5, 5.41) is 3.96. The summed E-state index contributed by atoms with van der Waals surface area (Å²) in [7, 11) is 3.18. The largest absolute Gasteiger partial charge is 0.493 e. The normalized spacial score (nSPS) is 12.1.